The van der Waals surface area contributed by atoms with Gasteiger partial charge in [-0.1, -0.05) is 97.1 Å². The number of nitrogens with zero attached hydrogens (tertiary/aromatic N) is 1. The van der Waals surface area contributed by atoms with Gasteiger partial charge in [0.05, 0.1) is 20.2 Å². The second kappa shape index (κ2) is 9.40. The highest BCUT2D eigenvalue weighted by Gasteiger charge is 2.30. The van der Waals surface area contributed by atoms with Gasteiger partial charge in [0.2, 0.25) is 0 Å². The fraction of sp³-hybridized carbons (Fsp3) is 0.143. The monoisotopic (exact) mass is 457 g/mol. The molecule has 32 heavy (non-hydrogen) atoms. The summed E-state index contributed by atoms with van der Waals surface area (Å²) in [6.07, 6.45) is 0. The summed E-state index contributed by atoms with van der Waals surface area (Å²) >= 11 is 0. The minimum Gasteiger partial charge on any atom is -0.244 e. The van der Waals surface area contributed by atoms with Gasteiger partial charge >= 0.3 is 0 Å². The lowest BCUT2D eigenvalue weighted by molar-refractivity contribution is 0.640. The molecule has 1 unspecified atom stereocenters. The zero-order valence-corrected chi connectivity index (χ0v) is 20.4. The lowest BCUT2D eigenvalue weighted by atomic mass is 10.3. The number of hydrogen-bond acceptors (Lipinski definition) is 2. The SMILES string of the molecule is CC(C)(C)S(=O)(=Nc1ccccc1P(c1ccccc1)c1ccccc1)c1ccccc1. The van der Waals surface area contributed by atoms with Crippen molar-refractivity contribution in [2.75, 3.05) is 0 Å². The van der Waals surface area contributed by atoms with Gasteiger partial charge in [0, 0.05) is 10.2 Å². The first-order valence-electron chi connectivity index (χ1n) is 10.7. The summed E-state index contributed by atoms with van der Waals surface area (Å²) in [7, 11) is -3.57. The minimum atomic E-state index is -2.72. The van der Waals surface area contributed by atoms with Crippen molar-refractivity contribution in [2.24, 2.45) is 4.36 Å². The second-order valence-electron chi connectivity index (χ2n) is 8.54. The van der Waals surface area contributed by atoms with Crippen LogP contribution >= 0.6 is 7.92 Å². The molecule has 162 valence electrons. The van der Waals surface area contributed by atoms with Gasteiger partial charge in [-0.25, -0.2) is 4.21 Å². The predicted molar refractivity (Wildman–Crippen MR) is 140 cm³/mol. The molecule has 0 aromatic heterocycles. The Balaban J connectivity index is 1.98. The minimum absolute atomic E-state index is 0.524. The van der Waals surface area contributed by atoms with E-state index in [9.17, 15) is 4.21 Å². The smallest absolute Gasteiger partial charge is 0.0850 e. The van der Waals surface area contributed by atoms with Crippen LogP contribution in [0.2, 0.25) is 0 Å². The van der Waals surface area contributed by atoms with Crippen LogP contribution in [0.4, 0.5) is 5.69 Å². The molecule has 0 spiro atoms. The molecule has 0 amide bonds. The van der Waals surface area contributed by atoms with Crippen LogP contribution in [0.25, 0.3) is 0 Å². The van der Waals surface area contributed by atoms with Crippen molar-refractivity contribution in [2.45, 2.75) is 30.4 Å². The lowest BCUT2D eigenvalue weighted by Crippen LogP contribution is -2.28. The van der Waals surface area contributed by atoms with Gasteiger partial charge in [0.25, 0.3) is 0 Å². The average molecular weight is 458 g/mol. The lowest BCUT2D eigenvalue weighted by Gasteiger charge is -2.26. The molecule has 4 aromatic carbocycles. The van der Waals surface area contributed by atoms with Crippen LogP contribution < -0.4 is 15.9 Å². The third-order valence-corrected chi connectivity index (χ3v) is 10.8. The summed E-state index contributed by atoms with van der Waals surface area (Å²) in [5.74, 6) is 0. The normalized spacial score (nSPS) is 13.5. The largest absolute Gasteiger partial charge is 0.244 e. The first-order chi connectivity index (χ1) is 15.4. The molecule has 4 rings (SSSR count). The van der Waals surface area contributed by atoms with E-state index in [1.54, 1.807) is 0 Å². The van der Waals surface area contributed by atoms with Gasteiger partial charge in [-0.05, 0) is 57.5 Å². The Morgan fingerprint density at radius 1 is 0.625 bits per heavy atom. The summed E-state index contributed by atoms with van der Waals surface area (Å²) < 4.78 is 19.0. The molecule has 0 bridgehead atoms. The summed E-state index contributed by atoms with van der Waals surface area (Å²) in [5.41, 5.74) is 0.801. The maximum atomic E-state index is 14.5. The van der Waals surface area contributed by atoms with Crippen LogP contribution in [0.15, 0.2) is 125 Å². The molecule has 0 radical (unpaired) electrons. The Labute approximate surface area is 193 Å². The van der Waals surface area contributed by atoms with E-state index in [0.29, 0.717) is 0 Å². The van der Waals surface area contributed by atoms with Gasteiger partial charge in [0.1, 0.15) is 0 Å². The van der Waals surface area contributed by atoms with E-state index < -0.39 is 22.4 Å². The van der Waals surface area contributed by atoms with Crippen molar-refractivity contribution in [1.29, 1.82) is 0 Å². The maximum Gasteiger partial charge on any atom is 0.0850 e. The molecule has 1 atom stereocenters. The first-order valence-corrected chi connectivity index (χ1v) is 13.6. The standard InChI is InChI=1S/C28H28NOPS/c1-28(2,3)32(30,25-19-11-6-12-20-25)29-26-21-13-14-22-27(26)31(23-15-7-4-8-16-23)24-17-9-5-10-18-24/h4-22H,1-3H3. The number of hydrogen-bond donors (Lipinski definition) is 0. The van der Waals surface area contributed by atoms with Gasteiger partial charge < -0.3 is 0 Å². The molecule has 0 aliphatic heterocycles. The summed E-state index contributed by atoms with van der Waals surface area (Å²) in [6.45, 7) is 6.02. The molecule has 0 heterocycles. The third kappa shape index (κ3) is 4.55. The summed E-state index contributed by atoms with van der Waals surface area (Å²) in [5, 5.41) is 3.62. The van der Waals surface area contributed by atoms with Gasteiger partial charge in [-0.3, -0.25) is 0 Å². The first kappa shape index (κ1) is 22.5. The molecule has 0 N–H and O–H groups in total. The molecule has 0 saturated carbocycles. The number of benzene rings is 4. The van der Waals surface area contributed by atoms with E-state index in [4.69, 9.17) is 4.36 Å². The maximum absolute atomic E-state index is 14.5. The highest BCUT2D eigenvalue weighted by molar-refractivity contribution is 7.95. The van der Waals surface area contributed by atoms with Gasteiger partial charge in [0.15, 0.2) is 0 Å². The van der Waals surface area contributed by atoms with Crippen molar-refractivity contribution in [3.63, 3.8) is 0 Å². The fourth-order valence-electron chi connectivity index (χ4n) is 3.60. The highest BCUT2D eigenvalue weighted by atomic mass is 32.2. The van der Waals surface area contributed by atoms with Crippen LogP contribution in [0, 0.1) is 0 Å². The van der Waals surface area contributed by atoms with Crippen LogP contribution in [0.3, 0.4) is 0 Å². The van der Waals surface area contributed by atoms with Crippen molar-refractivity contribution < 1.29 is 4.21 Å². The fourth-order valence-corrected chi connectivity index (χ4v) is 8.10. The second-order valence-corrected chi connectivity index (χ2v) is 13.7. The molecular formula is C28H28NOPS. The topological polar surface area (TPSA) is 29.4 Å². The van der Waals surface area contributed by atoms with E-state index in [0.717, 1.165) is 15.9 Å². The predicted octanol–water partition coefficient (Wildman–Crippen LogP) is 6.40. The molecule has 0 saturated heterocycles. The van der Waals surface area contributed by atoms with E-state index in [1.165, 1.54) is 10.6 Å². The molecular weight excluding hydrogens is 429 g/mol. The summed E-state index contributed by atoms with van der Waals surface area (Å²) in [6, 6.07) is 38.9. The van der Waals surface area contributed by atoms with Crippen LogP contribution in [-0.4, -0.2) is 8.96 Å². The quantitative estimate of drug-likeness (QED) is 0.319. The summed E-state index contributed by atoms with van der Waals surface area (Å²) in [4.78, 5) is 0.769. The van der Waals surface area contributed by atoms with Crippen LogP contribution in [-0.2, 0) is 9.73 Å². The number of rotatable bonds is 5. The Bertz CT molecular complexity index is 1250. The van der Waals surface area contributed by atoms with Crippen LogP contribution in [0.1, 0.15) is 20.8 Å². The zero-order chi connectivity index (χ0) is 22.6. The highest BCUT2D eigenvalue weighted by Crippen LogP contribution is 2.38. The molecule has 2 nitrogen and oxygen atoms in total. The van der Waals surface area contributed by atoms with Gasteiger partial charge in [-0.2, -0.15) is 4.36 Å². The van der Waals surface area contributed by atoms with E-state index >= 15 is 0 Å². The molecule has 4 aromatic rings. The molecule has 0 aliphatic rings. The Morgan fingerprint density at radius 2 is 1.06 bits per heavy atom. The van der Waals surface area contributed by atoms with Crippen molar-refractivity contribution in [3.05, 3.63) is 115 Å². The van der Waals surface area contributed by atoms with Crippen molar-refractivity contribution >= 4 is 39.3 Å². The molecule has 0 fully saturated rings. The zero-order valence-electron chi connectivity index (χ0n) is 18.7. The Morgan fingerprint density at radius 3 is 1.56 bits per heavy atom. The Hall–Kier alpha value is -2.74. The van der Waals surface area contributed by atoms with Gasteiger partial charge in [-0.15, -0.1) is 0 Å². The molecule has 4 heteroatoms. The van der Waals surface area contributed by atoms with Crippen molar-refractivity contribution in [1.82, 2.24) is 0 Å². The van der Waals surface area contributed by atoms with E-state index in [-0.39, 0.29) is 0 Å². The van der Waals surface area contributed by atoms with Crippen LogP contribution in [0.5, 0.6) is 0 Å². The van der Waals surface area contributed by atoms with Crippen molar-refractivity contribution in [3.8, 4) is 0 Å². The molecule has 0 aliphatic carbocycles. The third-order valence-electron chi connectivity index (χ3n) is 5.27. The Kier molecular flexibility index (Phi) is 6.60. The van der Waals surface area contributed by atoms with E-state index in [1.807, 2.05) is 75.4 Å². The van der Waals surface area contributed by atoms with E-state index in [2.05, 4.69) is 60.7 Å². The average Bonchev–Trinajstić information content (AvgIpc) is 2.81.